The number of hydrogen-bond acceptors (Lipinski definition) is 3. The Morgan fingerprint density at radius 2 is 2.17 bits per heavy atom. The molecule has 2 aromatic rings. The number of furan rings is 1. The zero-order chi connectivity index (χ0) is 13.0. The van der Waals surface area contributed by atoms with E-state index in [-0.39, 0.29) is 5.91 Å². The van der Waals surface area contributed by atoms with E-state index >= 15 is 0 Å². The summed E-state index contributed by atoms with van der Waals surface area (Å²) in [6.45, 7) is 0.844. The van der Waals surface area contributed by atoms with Crippen LogP contribution < -0.4 is 11.1 Å². The Balaban J connectivity index is 2.17. The summed E-state index contributed by atoms with van der Waals surface area (Å²) in [5.41, 5.74) is 6.24. The van der Waals surface area contributed by atoms with Crippen LogP contribution in [0, 0.1) is 0 Å². The number of nitrogens with one attached hydrogen (secondary N) is 1. The van der Waals surface area contributed by atoms with E-state index in [9.17, 15) is 4.79 Å². The molecule has 0 saturated heterocycles. The maximum atomic E-state index is 11.6. The molecule has 0 bridgehead atoms. The molecule has 3 N–H and O–H groups in total. The molecule has 1 aromatic carbocycles. The number of hydrogen-bond donors (Lipinski definition) is 2. The minimum absolute atomic E-state index is 0.248. The second-order valence-corrected chi connectivity index (χ2v) is 4.63. The Morgan fingerprint density at radius 1 is 1.33 bits per heavy atom. The van der Waals surface area contributed by atoms with Crippen LogP contribution in [0.3, 0.4) is 0 Å². The number of carbonyl (C=O) groups excluding carboxylic acids is 1. The molecule has 94 valence electrons. The number of carbonyl (C=O) groups is 1. The van der Waals surface area contributed by atoms with E-state index in [4.69, 9.17) is 10.2 Å². The largest absolute Gasteiger partial charge is 0.451 e. The van der Waals surface area contributed by atoms with Gasteiger partial charge in [0.15, 0.2) is 5.76 Å². The molecule has 18 heavy (non-hydrogen) atoms. The summed E-state index contributed by atoms with van der Waals surface area (Å²) in [6.07, 6.45) is 0. The van der Waals surface area contributed by atoms with Crippen LogP contribution in [0.15, 0.2) is 45.3 Å². The topological polar surface area (TPSA) is 68.3 Å². The van der Waals surface area contributed by atoms with Crippen molar-refractivity contribution >= 4 is 21.8 Å². The zero-order valence-corrected chi connectivity index (χ0v) is 11.2. The summed E-state index contributed by atoms with van der Waals surface area (Å²) >= 11 is 3.39. The van der Waals surface area contributed by atoms with Crippen LogP contribution in [0.4, 0.5) is 0 Å². The molecule has 0 aliphatic carbocycles. The number of benzene rings is 1. The maximum Gasteiger partial charge on any atom is 0.287 e. The lowest BCUT2D eigenvalue weighted by atomic mass is 10.2. The van der Waals surface area contributed by atoms with Crippen molar-refractivity contribution in [3.05, 3.63) is 46.6 Å². The van der Waals surface area contributed by atoms with Crippen molar-refractivity contribution in [2.45, 2.75) is 0 Å². The van der Waals surface area contributed by atoms with Gasteiger partial charge in [-0.05, 0) is 24.3 Å². The maximum absolute atomic E-state index is 11.6. The van der Waals surface area contributed by atoms with Gasteiger partial charge in [0.25, 0.3) is 5.91 Å². The van der Waals surface area contributed by atoms with Crippen molar-refractivity contribution in [1.29, 1.82) is 0 Å². The highest BCUT2D eigenvalue weighted by atomic mass is 79.9. The first-order valence-corrected chi connectivity index (χ1v) is 6.34. The predicted molar refractivity (Wildman–Crippen MR) is 73.2 cm³/mol. The Morgan fingerprint density at radius 3 is 2.89 bits per heavy atom. The summed E-state index contributed by atoms with van der Waals surface area (Å²) in [4.78, 5) is 11.6. The molecule has 0 atom stereocenters. The normalized spacial score (nSPS) is 10.3. The van der Waals surface area contributed by atoms with Gasteiger partial charge in [-0.25, -0.2) is 0 Å². The molecule has 1 aromatic heterocycles. The quantitative estimate of drug-likeness (QED) is 0.911. The van der Waals surface area contributed by atoms with Gasteiger partial charge in [0.05, 0.1) is 0 Å². The first-order chi connectivity index (χ1) is 8.70. The molecule has 0 fully saturated rings. The molecule has 0 aliphatic heterocycles. The van der Waals surface area contributed by atoms with Gasteiger partial charge in [-0.1, -0.05) is 28.1 Å². The van der Waals surface area contributed by atoms with Gasteiger partial charge < -0.3 is 15.5 Å². The van der Waals surface area contributed by atoms with Gasteiger partial charge in [0.1, 0.15) is 5.76 Å². The molecule has 1 heterocycles. The van der Waals surface area contributed by atoms with E-state index in [1.54, 1.807) is 12.1 Å². The van der Waals surface area contributed by atoms with E-state index in [0.717, 1.165) is 10.0 Å². The van der Waals surface area contributed by atoms with Gasteiger partial charge in [0, 0.05) is 23.1 Å². The van der Waals surface area contributed by atoms with Gasteiger partial charge >= 0.3 is 0 Å². The van der Waals surface area contributed by atoms with Crippen LogP contribution in [-0.4, -0.2) is 19.0 Å². The molecule has 0 unspecified atom stereocenters. The molecule has 0 saturated carbocycles. The Hall–Kier alpha value is -1.59. The van der Waals surface area contributed by atoms with Crippen molar-refractivity contribution in [3.63, 3.8) is 0 Å². The van der Waals surface area contributed by atoms with E-state index in [2.05, 4.69) is 21.2 Å². The second-order valence-electron chi connectivity index (χ2n) is 3.72. The Bertz CT molecular complexity index is 551. The molecular weight excluding hydrogens is 296 g/mol. The summed E-state index contributed by atoms with van der Waals surface area (Å²) in [5.74, 6) is 0.703. The number of rotatable bonds is 4. The van der Waals surface area contributed by atoms with Gasteiger partial charge in [-0.3, -0.25) is 4.79 Å². The molecule has 1 amide bonds. The van der Waals surface area contributed by atoms with Gasteiger partial charge in [-0.2, -0.15) is 0 Å². The van der Waals surface area contributed by atoms with Crippen LogP contribution in [0.25, 0.3) is 11.3 Å². The molecule has 4 nitrogen and oxygen atoms in total. The van der Waals surface area contributed by atoms with Crippen LogP contribution in [0.1, 0.15) is 10.6 Å². The third kappa shape index (κ3) is 3.00. The minimum Gasteiger partial charge on any atom is -0.451 e. The molecule has 2 rings (SSSR count). The first kappa shape index (κ1) is 12.9. The predicted octanol–water partition coefficient (Wildman–Crippen LogP) is 2.40. The highest BCUT2D eigenvalue weighted by molar-refractivity contribution is 9.10. The van der Waals surface area contributed by atoms with E-state index in [0.29, 0.717) is 24.6 Å². The first-order valence-electron chi connectivity index (χ1n) is 5.55. The molecule has 0 radical (unpaired) electrons. The zero-order valence-electron chi connectivity index (χ0n) is 9.65. The summed E-state index contributed by atoms with van der Waals surface area (Å²) in [5, 5.41) is 2.66. The van der Waals surface area contributed by atoms with Crippen molar-refractivity contribution in [1.82, 2.24) is 5.32 Å². The molecule has 0 spiro atoms. The number of amides is 1. The fourth-order valence-electron chi connectivity index (χ4n) is 1.53. The van der Waals surface area contributed by atoms with E-state index in [1.165, 1.54) is 0 Å². The van der Waals surface area contributed by atoms with Gasteiger partial charge in [-0.15, -0.1) is 0 Å². The smallest absolute Gasteiger partial charge is 0.287 e. The van der Waals surface area contributed by atoms with Gasteiger partial charge in [0.2, 0.25) is 0 Å². The van der Waals surface area contributed by atoms with Crippen molar-refractivity contribution in [3.8, 4) is 11.3 Å². The highest BCUT2D eigenvalue weighted by Crippen LogP contribution is 2.24. The fourth-order valence-corrected chi connectivity index (χ4v) is 1.93. The Labute approximate surface area is 113 Å². The third-order valence-electron chi connectivity index (χ3n) is 2.37. The summed E-state index contributed by atoms with van der Waals surface area (Å²) in [6, 6.07) is 11.1. The van der Waals surface area contributed by atoms with E-state index in [1.807, 2.05) is 24.3 Å². The van der Waals surface area contributed by atoms with Crippen LogP contribution >= 0.6 is 15.9 Å². The van der Waals surface area contributed by atoms with Crippen molar-refractivity contribution in [2.24, 2.45) is 5.73 Å². The summed E-state index contributed by atoms with van der Waals surface area (Å²) in [7, 11) is 0. The average molecular weight is 309 g/mol. The van der Waals surface area contributed by atoms with E-state index < -0.39 is 0 Å². The number of nitrogens with two attached hydrogens (primary N) is 1. The Kier molecular flexibility index (Phi) is 4.17. The summed E-state index contributed by atoms with van der Waals surface area (Å²) < 4.78 is 6.47. The monoisotopic (exact) mass is 308 g/mol. The van der Waals surface area contributed by atoms with Crippen molar-refractivity contribution in [2.75, 3.05) is 13.1 Å². The molecule has 0 aliphatic rings. The molecular formula is C13H13BrN2O2. The van der Waals surface area contributed by atoms with Crippen LogP contribution in [0.2, 0.25) is 0 Å². The molecule has 5 heteroatoms. The number of halogens is 1. The van der Waals surface area contributed by atoms with Crippen LogP contribution in [-0.2, 0) is 0 Å². The minimum atomic E-state index is -0.248. The standard InChI is InChI=1S/C13H13BrN2O2/c14-10-3-1-2-9(8-10)11-4-5-12(18-11)13(17)16-7-6-15/h1-5,8H,6-7,15H2,(H,16,17). The van der Waals surface area contributed by atoms with Crippen molar-refractivity contribution < 1.29 is 9.21 Å². The lowest BCUT2D eigenvalue weighted by Gasteiger charge is -2.00. The SMILES string of the molecule is NCCNC(=O)c1ccc(-c2cccc(Br)c2)o1. The fraction of sp³-hybridized carbons (Fsp3) is 0.154. The second kappa shape index (κ2) is 5.84. The highest BCUT2D eigenvalue weighted by Gasteiger charge is 2.11. The third-order valence-corrected chi connectivity index (χ3v) is 2.86. The lowest BCUT2D eigenvalue weighted by Crippen LogP contribution is -2.28. The van der Waals surface area contributed by atoms with Crippen LogP contribution in [0.5, 0.6) is 0 Å². The average Bonchev–Trinajstić information content (AvgIpc) is 2.85. The lowest BCUT2D eigenvalue weighted by molar-refractivity contribution is 0.0928.